The average molecular weight is 208 g/mol. The van der Waals surface area contributed by atoms with Gasteiger partial charge in [0.15, 0.2) is 10.9 Å². The highest BCUT2D eigenvalue weighted by Crippen LogP contribution is 2.19. The maximum Gasteiger partial charge on any atom is 0.193 e. The van der Waals surface area contributed by atoms with Gasteiger partial charge in [-0.2, -0.15) is 0 Å². The molecule has 2 nitrogen and oxygen atoms in total. The fourth-order valence-corrected chi connectivity index (χ4v) is 0.891. The largest absolute Gasteiger partial charge is 0.289 e. The van der Waals surface area contributed by atoms with Gasteiger partial charge in [0, 0.05) is 17.0 Å². The third-order valence-corrected chi connectivity index (χ3v) is 2.40. The minimum Gasteiger partial charge on any atom is -0.289 e. The zero-order valence-electron chi connectivity index (χ0n) is 8.15. The zero-order valence-corrected chi connectivity index (χ0v) is 9.04. The van der Waals surface area contributed by atoms with E-state index in [0.29, 0.717) is 0 Å². The Morgan fingerprint density at radius 1 is 1.29 bits per heavy atom. The first-order chi connectivity index (χ1) is 6.52. The normalized spacial score (nSPS) is 11.6. The highest BCUT2D eigenvalue weighted by molar-refractivity contribution is 7.96. The molecule has 0 saturated heterocycles. The number of thiol groups is 1. The van der Waals surface area contributed by atoms with E-state index < -0.39 is 0 Å². The molecule has 0 amide bonds. The Morgan fingerprint density at radius 3 is 1.86 bits per heavy atom. The number of fused-ring (bicyclic) bond motifs is 2. The Bertz CT molecular complexity index is 341. The van der Waals surface area contributed by atoms with E-state index in [2.05, 4.69) is 12.6 Å². The molecule has 0 aliphatic heterocycles. The van der Waals surface area contributed by atoms with Crippen LogP contribution in [0.25, 0.3) is 0 Å². The van der Waals surface area contributed by atoms with Crippen LogP contribution in [0, 0.1) is 5.92 Å². The van der Waals surface area contributed by atoms with Gasteiger partial charge in [0.25, 0.3) is 0 Å². The summed E-state index contributed by atoms with van der Waals surface area (Å²) < 4.78 is 0. The Labute approximate surface area is 88.7 Å². The molecule has 2 aliphatic carbocycles. The molecule has 74 valence electrons. The number of carbonyl (C=O) groups is 2. The van der Waals surface area contributed by atoms with Crippen molar-refractivity contribution in [3.8, 4) is 0 Å². The number of carbonyl (C=O) groups excluding carboxylic acids is 2. The van der Waals surface area contributed by atoms with Crippen LogP contribution in [-0.2, 0) is 4.79 Å². The molecule has 1 aromatic rings. The van der Waals surface area contributed by atoms with Crippen molar-refractivity contribution in [3.63, 3.8) is 0 Å². The Kier molecular flexibility index (Phi) is 3.47. The van der Waals surface area contributed by atoms with Gasteiger partial charge in [0.05, 0.1) is 0 Å². The third-order valence-electron chi connectivity index (χ3n) is 1.88. The predicted octanol–water partition coefficient (Wildman–Crippen LogP) is 2.33. The molecule has 0 fully saturated rings. The lowest BCUT2D eigenvalue weighted by molar-refractivity contribution is -0.113. The fraction of sp³-hybridized carbons (Fsp3) is 0.273. The average Bonchev–Trinajstić information content (AvgIpc) is 2.19. The second kappa shape index (κ2) is 4.42. The lowest BCUT2D eigenvalue weighted by Gasteiger charge is -2.10. The molecule has 0 spiro atoms. The van der Waals surface area contributed by atoms with E-state index in [1.165, 1.54) is 0 Å². The van der Waals surface area contributed by atoms with Crippen molar-refractivity contribution in [1.29, 1.82) is 0 Å². The van der Waals surface area contributed by atoms with Gasteiger partial charge in [-0.1, -0.05) is 32.0 Å². The third kappa shape index (κ3) is 2.45. The molecule has 0 heterocycles. The van der Waals surface area contributed by atoms with Crippen LogP contribution in [-0.4, -0.2) is 10.9 Å². The molecule has 14 heavy (non-hydrogen) atoms. The van der Waals surface area contributed by atoms with E-state index in [1.807, 2.05) is 38.1 Å². The van der Waals surface area contributed by atoms with Crippen molar-refractivity contribution < 1.29 is 9.59 Å². The highest BCUT2D eigenvalue weighted by atomic mass is 32.1. The van der Waals surface area contributed by atoms with Crippen LogP contribution in [0.4, 0.5) is 0 Å². The van der Waals surface area contributed by atoms with E-state index >= 15 is 0 Å². The highest BCUT2D eigenvalue weighted by Gasteiger charge is 2.17. The number of hydrogen-bond donors (Lipinski definition) is 1. The molecular formula is C11H12O2S. The summed E-state index contributed by atoms with van der Waals surface area (Å²) in [7, 11) is 0. The maximum atomic E-state index is 10.7. The fourth-order valence-electron chi connectivity index (χ4n) is 0.891. The summed E-state index contributed by atoms with van der Waals surface area (Å²) in [6.45, 7) is 3.63. The van der Waals surface area contributed by atoms with Crippen molar-refractivity contribution in [1.82, 2.24) is 0 Å². The monoisotopic (exact) mass is 208 g/mol. The van der Waals surface area contributed by atoms with Gasteiger partial charge in [-0.15, -0.1) is 12.6 Å². The molecule has 0 N–H and O–H groups in total. The minimum atomic E-state index is -0.0463. The van der Waals surface area contributed by atoms with Gasteiger partial charge in [-0.3, -0.25) is 9.59 Å². The first-order valence-corrected chi connectivity index (χ1v) is 4.84. The molecule has 0 saturated carbocycles. The Balaban J connectivity index is 0.000000149. The smallest absolute Gasteiger partial charge is 0.193 e. The number of benzene rings is 1. The molecule has 2 aliphatic rings. The van der Waals surface area contributed by atoms with Gasteiger partial charge >= 0.3 is 0 Å². The van der Waals surface area contributed by atoms with Gasteiger partial charge in [0.2, 0.25) is 0 Å². The van der Waals surface area contributed by atoms with Crippen molar-refractivity contribution in [2.75, 3.05) is 0 Å². The first-order valence-electron chi connectivity index (χ1n) is 4.40. The second-order valence-electron chi connectivity index (χ2n) is 3.40. The lowest BCUT2D eigenvalue weighted by atomic mass is 9.92. The maximum absolute atomic E-state index is 10.7. The number of hydrogen-bond acceptors (Lipinski definition) is 2. The number of ketones is 1. The van der Waals surface area contributed by atoms with E-state index in [1.54, 1.807) is 0 Å². The number of rotatable bonds is 1. The Hall–Kier alpha value is -1.09. The molecule has 1 aromatic carbocycles. The predicted molar refractivity (Wildman–Crippen MR) is 58.7 cm³/mol. The minimum absolute atomic E-state index is 0.0463. The van der Waals surface area contributed by atoms with Crippen LogP contribution < -0.4 is 0 Å². The molecule has 3 heteroatoms. The van der Waals surface area contributed by atoms with Gasteiger partial charge in [-0.25, -0.2) is 0 Å². The SMILES string of the molecule is CC(C)C(=O)S.O=C1c2cccc1c2. The van der Waals surface area contributed by atoms with E-state index in [4.69, 9.17) is 0 Å². The zero-order chi connectivity index (χ0) is 10.7. The molecule has 0 radical (unpaired) electrons. The van der Waals surface area contributed by atoms with Gasteiger partial charge in [-0.05, 0) is 6.07 Å². The topological polar surface area (TPSA) is 34.1 Å². The Morgan fingerprint density at radius 2 is 1.71 bits per heavy atom. The van der Waals surface area contributed by atoms with Crippen LogP contribution in [0.2, 0.25) is 0 Å². The first kappa shape index (κ1) is 11.0. The van der Waals surface area contributed by atoms with Crippen molar-refractivity contribution in [2.45, 2.75) is 13.8 Å². The van der Waals surface area contributed by atoms with Crippen LogP contribution >= 0.6 is 12.6 Å². The van der Waals surface area contributed by atoms with Crippen molar-refractivity contribution in [2.24, 2.45) is 5.92 Å². The summed E-state index contributed by atoms with van der Waals surface area (Å²) in [4.78, 5) is 20.7. The summed E-state index contributed by atoms with van der Waals surface area (Å²) >= 11 is 3.55. The molecule has 0 atom stereocenters. The van der Waals surface area contributed by atoms with E-state index in [-0.39, 0.29) is 16.8 Å². The van der Waals surface area contributed by atoms with E-state index in [0.717, 1.165) is 11.1 Å². The summed E-state index contributed by atoms with van der Waals surface area (Å²) in [6.07, 6.45) is 0. The summed E-state index contributed by atoms with van der Waals surface area (Å²) in [6, 6.07) is 7.44. The van der Waals surface area contributed by atoms with E-state index in [9.17, 15) is 9.59 Å². The standard InChI is InChI=1S/C7H4O.C4H8OS/c8-7-5-2-1-3-6(7)4-5;1-3(2)4(5)6/h1-4H;3H,1-2H3,(H,5,6). The van der Waals surface area contributed by atoms with Crippen molar-refractivity contribution in [3.05, 3.63) is 35.4 Å². The summed E-state index contributed by atoms with van der Waals surface area (Å²) in [5, 5.41) is -0.0463. The molecule has 2 bridgehead atoms. The molecule has 3 rings (SSSR count). The lowest BCUT2D eigenvalue weighted by Crippen LogP contribution is -2.10. The van der Waals surface area contributed by atoms with Crippen LogP contribution in [0.3, 0.4) is 0 Å². The summed E-state index contributed by atoms with van der Waals surface area (Å²) in [5.74, 6) is 0.279. The van der Waals surface area contributed by atoms with Crippen LogP contribution in [0.1, 0.15) is 29.8 Å². The second-order valence-corrected chi connectivity index (χ2v) is 3.84. The van der Waals surface area contributed by atoms with Gasteiger partial charge < -0.3 is 0 Å². The quantitative estimate of drug-likeness (QED) is 0.730. The van der Waals surface area contributed by atoms with Gasteiger partial charge in [0.1, 0.15) is 0 Å². The van der Waals surface area contributed by atoms with Crippen LogP contribution in [0.15, 0.2) is 24.3 Å². The molecule has 0 aromatic heterocycles. The van der Waals surface area contributed by atoms with Crippen LogP contribution in [0.5, 0.6) is 0 Å². The van der Waals surface area contributed by atoms with Crippen molar-refractivity contribution >= 4 is 23.5 Å². The molecule has 0 unspecified atom stereocenters. The summed E-state index contributed by atoms with van der Waals surface area (Å²) in [5.41, 5.74) is 1.70. The molecular weight excluding hydrogens is 196 g/mol.